The Kier molecular flexibility index (Phi) is 3.78. The SMILES string of the molecule is CCN(C)C(=O)CNC(=O)c1ncn[nH]1. The van der Waals surface area contributed by atoms with Crippen LogP contribution in [0.15, 0.2) is 6.33 Å². The van der Waals surface area contributed by atoms with Gasteiger partial charge in [0.2, 0.25) is 11.7 Å². The molecule has 0 aliphatic heterocycles. The first-order valence-corrected chi connectivity index (χ1v) is 4.52. The summed E-state index contributed by atoms with van der Waals surface area (Å²) in [6.07, 6.45) is 1.23. The van der Waals surface area contributed by atoms with Gasteiger partial charge in [0.1, 0.15) is 6.33 Å². The van der Waals surface area contributed by atoms with E-state index in [0.717, 1.165) is 0 Å². The van der Waals surface area contributed by atoms with Gasteiger partial charge in [-0.2, -0.15) is 5.10 Å². The van der Waals surface area contributed by atoms with Gasteiger partial charge in [-0.15, -0.1) is 0 Å². The Morgan fingerprint density at radius 3 is 2.87 bits per heavy atom. The van der Waals surface area contributed by atoms with E-state index in [1.54, 1.807) is 7.05 Å². The van der Waals surface area contributed by atoms with Crippen molar-refractivity contribution in [1.82, 2.24) is 25.4 Å². The molecule has 2 N–H and O–H groups in total. The molecule has 0 atom stereocenters. The summed E-state index contributed by atoms with van der Waals surface area (Å²) in [6.45, 7) is 2.43. The normalized spacial score (nSPS) is 9.73. The topological polar surface area (TPSA) is 91.0 Å². The predicted molar refractivity (Wildman–Crippen MR) is 52.0 cm³/mol. The van der Waals surface area contributed by atoms with E-state index in [1.807, 2.05) is 6.92 Å². The molecule has 82 valence electrons. The molecule has 7 heteroatoms. The van der Waals surface area contributed by atoms with Gasteiger partial charge in [-0.3, -0.25) is 14.7 Å². The zero-order valence-corrected chi connectivity index (χ0v) is 8.65. The predicted octanol–water partition coefficient (Wildman–Crippen LogP) is -0.987. The zero-order valence-electron chi connectivity index (χ0n) is 8.65. The second kappa shape index (κ2) is 5.08. The Labute approximate surface area is 86.9 Å². The molecule has 0 fully saturated rings. The highest BCUT2D eigenvalue weighted by Crippen LogP contribution is 1.86. The van der Waals surface area contributed by atoms with Crippen LogP contribution in [0.4, 0.5) is 0 Å². The number of carbonyl (C=O) groups is 2. The number of aromatic amines is 1. The fourth-order valence-electron chi connectivity index (χ4n) is 0.866. The van der Waals surface area contributed by atoms with Crippen LogP contribution in [-0.2, 0) is 4.79 Å². The molecule has 1 rings (SSSR count). The molecule has 1 aromatic rings. The van der Waals surface area contributed by atoms with Crippen molar-refractivity contribution in [3.05, 3.63) is 12.2 Å². The van der Waals surface area contributed by atoms with Gasteiger partial charge in [0.25, 0.3) is 5.91 Å². The van der Waals surface area contributed by atoms with Gasteiger partial charge >= 0.3 is 0 Å². The fraction of sp³-hybridized carbons (Fsp3) is 0.500. The molecule has 0 bridgehead atoms. The van der Waals surface area contributed by atoms with Crippen molar-refractivity contribution in [2.75, 3.05) is 20.1 Å². The summed E-state index contributed by atoms with van der Waals surface area (Å²) in [5.74, 6) is -0.488. The Morgan fingerprint density at radius 2 is 2.33 bits per heavy atom. The lowest BCUT2D eigenvalue weighted by Gasteiger charge is -2.14. The summed E-state index contributed by atoms with van der Waals surface area (Å²) < 4.78 is 0. The Hall–Kier alpha value is -1.92. The van der Waals surface area contributed by atoms with E-state index in [9.17, 15) is 9.59 Å². The Balaban J connectivity index is 2.38. The molecule has 2 amide bonds. The average Bonchev–Trinajstić information content (AvgIpc) is 2.77. The molecule has 0 aliphatic carbocycles. The second-order valence-corrected chi connectivity index (χ2v) is 2.92. The average molecular weight is 211 g/mol. The van der Waals surface area contributed by atoms with E-state index in [4.69, 9.17) is 0 Å². The van der Waals surface area contributed by atoms with Crippen molar-refractivity contribution >= 4 is 11.8 Å². The lowest BCUT2D eigenvalue weighted by molar-refractivity contribution is -0.128. The molecule has 0 spiro atoms. The van der Waals surface area contributed by atoms with Crippen LogP contribution in [0.25, 0.3) is 0 Å². The first-order valence-electron chi connectivity index (χ1n) is 4.52. The number of hydrogen-bond acceptors (Lipinski definition) is 4. The quantitative estimate of drug-likeness (QED) is 0.669. The summed E-state index contributed by atoms with van der Waals surface area (Å²) in [4.78, 5) is 27.8. The van der Waals surface area contributed by atoms with Crippen molar-refractivity contribution in [2.24, 2.45) is 0 Å². The van der Waals surface area contributed by atoms with Crippen molar-refractivity contribution in [3.63, 3.8) is 0 Å². The molecule has 0 saturated heterocycles. The molecule has 1 aromatic heterocycles. The van der Waals surface area contributed by atoms with Gasteiger partial charge in [-0.25, -0.2) is 4.98 Å². The third kappa shape index (κ3) is 3.04. The number of H-pyrrole nitrogens is 1. The van der Waals surface area contributed by atoms with Crippen LogP contribution in [0.2, 0.25) is 0 Å². The minimum atomic E-state index is -0.439. The largest absolute Gasteiger partial charge is 0.345 e. The van der Waals surface area contributed by atoms with E-state index in [0.29, 0.717) is 6.54 Å². The van der Waals surface area contributed by atoms with E-state index in [-0.39, 0.29) is 18.3 Å². The third-order valence-corrected chi connectivity index (χ3v) is 1.93. The molecule has 0 unspecified atom stereocenters. The van der Waals surface area contributed by atoms with Crippen molar-refractivity contribution in [3.8, 4) is 0 Å². The molecular formula is C8H13N5O2. The van der Waals surface area contributed by atoms with Crippen LogP contribution in [0.5, 0.6) is 0 Å². The van der Waals surface area contributed by atoms with Crippen LogP contribution in [0.1, 0.15) is 17.5 Å². The smallest absolute Gasteiger partial charge is 0.289 e. The first kappa shape index (κ1) is 11.2. The molecule has 0 saturated carbocycles. The highest BCUT2D eigenvalue weighted by atomic mass is 16.2. The number of amides is 2. The van der Waals surface area contributed by atoms with Crippen LogP contribution in [0.3, 0.4) is 0 Å². The number of rotatable bonds is 4. The monoisotopic (exact) mass is 211 g/mol. The summed E-state index contributed by atoms with van der Waals surface area (Å²) in [6, 6.07) is 0. The van der Waals surface area contributed by atoms with E-state index in [1.165, 1.54) is 11.2 Å². The van der Waals surface area contributed by atoms with Gasteiger partial charge < -0.3 is 10.2 Å². The molecule has 0 aliphatic rings. The van der Waals surface area contributed by atoms with E-state index < -0.39 is 5.91 Å². The van der Waals surface area contributed by atoms with Gasteiger partial charge in [0.05, 0.1) is 6.54 Å². The van der Waals surface area contributed by atoms with Gasteiger partial charge in [-0.05, 0) is 6.92 Å². The zero-order chi connectivity index (χ0) is 11.3. The maximum Gasteiger partial charge on any atom is 0.289 e. The van der Waals surface area contributed by atoms with E-state index in [2.05, 4.69) is 20.5 Å². The lowest BCUT2D eigenvalue weighted by Crippen LogP contribution is -2.38. The van der Waals surface area contributed by atoms with Crippen molar-refractivity contribution in [1.29, 1.82) is 0 Å². The summed E-state index contributed by atoms with van der Waals surface area (Å²) in [5, 5.41) is 8.37. The standard InChI is InChI=1S/C8H13N5O2/c1-3-13(2)6(14)4-9-8(15)7-10-5-11-12-7/h5H,3-4H2,1-2H3,(H,9,15)(H,10,11,12). The number of carbonyl (C=O) groups excluding carboxylic acids is 2. The number of hydrogen-bond donors (Lipinski definition) is 2. The van der Waals surface area contributed by atoms with Gasteiger partial charge in [0, 0.05) is 13.6 Å². The number of nitrogens with zero attached hydrogens (tertiary/aromatic N) is 3. The van der Waals surface area contributed by atoms with Crippen LogP contribution < -0.4 is 5.32 Å². The molecule has 1 heterocycles. The van der Waals surface area contributed by atoms with Crippen LogP contribution in [0, 0.1) is 0 Å². The summed E-state index contributed by atoms with van der Waals surface area (Å²) in [7, 11) is 1.67. The van der Waals surface area contributed by atoms with Crippen LogP contribution >= 0.6 is 0 Å². The summed E-state index contributed by atoms with van der Waals surface area (Å²) >= 11 is 0. The highest BCUT2D eigenvalue weighted by molar-refractivity contribution is 5.93. The molecular weight excluding hydrogens is 198 g/mol. The molecule has 0 aromatic carbocycles. The van der Waals surface area contributed by atoms with Crippen LogP contribution in [-0.4, -0.2) is 52.0 Å². The van der Waals surface area contributed by atoms with Crippen molar-refractivity contribution in [2.45, 2.75) is 6.92 Å². The maximum atomic E-state index is 11.3. The molecule has 7 nitrogen and oxygen atoms in total. The Bertz CT molecular complexity index is 335. The fourth-order valence-corrected chi connectivity index (χ4v) is 0.866. The molecule has 0 radical (unpaired) electrons. The third-order valence-electron chi connectivity index (χ3n) is 1.93. The van der Waals surface area contributed by atoms with Crippen molar-refractivity contribution < 1.29 is 9.59 Å². The minimum Gasteiger partial charge on any atom is -0.345 e. The second-order valence-electron chi connectivity index (χ2n) is 2.92. The lowest BCUT2D eigenvalue weighted by atomic mass is 10.4. The molecule has 15 heavy (non-hydrogen) atoms. The highest BCUT2D eigenvalue weighted by Gasteiger charge is 2.11. The number of aromatic nitrogens is 3. The van der Waals surface area contributed by atoms with Gasteiger partial charge in [-0.1, -0.05) is 0 Å². The number of nitrogens with one attached hydrogen (secondary N) is 2. The Morgan fingerprint density at radius 1 is 1.60 bits per heavy atom. The van der Waals surface area contributed by atoms with E-state index >= 15 is 0 Å². The summed E-state index contributed by atoms with van der Waals surface area (Å²) in [5.41, 5.74) is 0. The first-order chi connectivity index (χ1) is 7.15. The van der Waals surface area contributed by atoms with Gasteiger partial charge in [0.15, 0.2) is 0 Å². The number of likely N-dealkylation sites (N-methyl/N-ethyl adjacent to an activating group) is 1. The maximum absolute atomic E-state index is 11.3. The minimum absolute atomic E-state index is 0.0378.